The van der Waals surface area contributed by atoms with Crippen LogP contribution < -0.4 is 0 Å². The van der Waals surface area contributed by atoms with Crippen LogP contribution in [0.2, 0.25) is 0 Å². The minimum absolute atomic E-state index is 0.0214. The summed E-state index contributed by atoms with van der Waals surface area (Å²) in [6.07, 6.45) is 2.59. The molecule has 136 valence electrons. The first-order chi connectivity index (χ1) is 11.7. The average molecular weight is 339 g/mol. The second kappa shape index (κ2) is 12.9. The maximum Gasteiger partial charge on any atom is 0.290 e. The lowest BCUT2D eigenvalue weighted by Gasteiger charge is -2.35. The Hall–Kier alpha value is -1.47. The van der Waals surface area contributed by atoms with Crippen molar-refractivity contribution < 1.29 is 24.9 Å². The van der Waals surface area contributed by atoms with Gasteiger partial charge in [0.1, 0.15) is 0 Å². The number of rotatable bonds is 8. The van der Waals surface area contributed by atoms with Crippen molar-refractivity contribution in [2.75, 3.05) is 32.8 Å². The van der Waals surface area contributed by atoms with E-state index in [2.05, 4.69) is 17.0 Å². The van der Waals surface area contributed by atoms with E-state index >= 15 is 0 Å². The quantitative estimate of drug-likeness (QED) is 0.489. The van der Waals surface area contributed by atoms with E-state index in [9.17, 15) is 10.2 Å². The van der Waals surface area contributed by atoms with Gasteiger partial charge in [0.15, 0.2) is 0 Å². The third-order valence-electron chi connectivity index (χ3n) is 4.14. The van der Waals surface area contributed by atoms with Crippen LogP contribution in [0.15, 0.2) is 30.3 Å². The number of ether oxygens (including phenoxy) is 1. The van der Waals surface area contributed by atoms with Gasteiger partial charge >= 0.3 is 0 Å². The van der Waals surface area contributed by atoms with Gasteiger partial charge in [0.2, 0.25) is 0 Å². The molecular formula is C18H29NO5. The van der Waals surface area contributed by atoms with Crippen molar-refractivity contribution in [3.05, 3.63) is 35.9 Å². The van der Waals surface area contributed by atoms with E-state index in [0.29, 0.717) is 6.61 Å². The smallest absolute Gasteiger partial charge is 0.290 e. The van der Waals surface area contributed by atoms with Gasteiger partial charge < -0.3 is 25.0 Å². The fourth-order valence-electron chi connectivity index (χ4n) is 2.78. The molecule has 1 aromatic carbocycles. The van der Waals surface area contributed by atoms with Crippen LogP contribution in [0.5, 0.6) is 0 Å². The molecule has 0 amide bonds. The van der Waals surface area contributed by atoms with Crippen LogP contribution in [-0.2, 0) is 16.1 Å². The van der Waals surface area contributed by atoms with Crippen molar-refractivity contribution in [3.8, 4) is 0 Å². The first kappa shape index (κ1) is 20.6. The molecule has 1 aliphatic rings. The molecule has 0 bridgehead atoms. The molecule has 0 unspecified atom stereocenters. The summed E-state index contributed by atoms with van der Waals surface area (Å²) in [7, 11) is 0. The van der Waals surface area contributed by atoms with Crippen LogP contribution in [0, 0.1) is 5.92 Å². The van der Waals surface area contributed by atoms with Gasteiger partial charge in [-0.05, 0) is 31.4 Å². The molecule has 1 fully saturated rings. The Bertz CT molecular complexity index is 429. The zero-order chi connectivity index (χ0) is 17.6. The molecule has 1 aromatic rings. The van der Waals surface area contributed by atoms with E-state index in [0.717, 1.165) is 45.5 Å². The van der Waals surface area contributed by atoms with E-state index < -0.39 is 0 Å². The molecular weight excluding hydrogens is 310 g/mol. The highest BCUT2D eigenvalue weighted by Gasteiger charge is 2.26. The minimum Gasteiger partial charge on any atom is -0.483 e. The summed E-state index contributed by atoms with van der Waals surface area (Å²) in [5.74, 6) is 0.0214. The zero-order valence-corrected chi connectivity index (χ0v) is 14.1. The number of piperidine rings is 1. The number of likely N-dealkylation sites (tertiary alicyclic amines) is 1. The van der Waals surface area contributed by atoms with Crippen molar-refractivity contribution in [2.45, 2.75) is 32.0 Å². The SMILES string of the molecule is O=CO.OC[C@H]1CN(CCCCOCc2ccccc2)CC[C@H]1O. The van der Waals surface area contributed by atoms with Gasteiger partial charge in [0.25, 0.3) is 6.47 Å². The molecule has 1 saturated heterocycles. The van der Waals surface area contributed by atoms with Gasteiger partial charge in [-0.25, -0.2) is 0 Å². The lowest BCUT2D eigenvalue weighted by atomic mass is 9.95. The Morgan fingerprint density at radius 3 is 2.62 bits per heavy atom. The first-order valence-electron chi connectivity index (χ1n) is 8.42. The van der Waals surface area contributed by atoms with Crippen molar-refractivity contribution in [1.29, 1.82) is 0 Å². The molecule has 0 aromatic heterocycles. The van der Waals surface area contributed by atoms with E-state index in [-0.39, 0.29) is 25.1 Å². The Kier molecular flexibility index (Phi) is 11.1. The standard InChI is InChI=1S/C17H27NO3.CH2O2/c19-13-16-12-18(10-8-17(16)20)9-4-5-11-21-14-15-6-2-1-3-7-15;2-1-3/h1-3,6-7,16-17,19-20H,4-5,8-14H2;1H,(H,2,3)/t16-,17-;/m1./s1. The second-order valence-corrected chi connectivity index (χ2v) is 5.95. The molecule has 0 spiro atoms. The van der Waals surface area contributed by atoms with E-state index in [4.69, 9.17) is 14.6 Å². The molecule has 6 heteroatoms. The number of unbranched alkanes of at least 4 members (excludes halogenated alkanes) is 1. The highest BCUT2D eigenvalue weighted by Crippen LogP contribution is 2.17. The lowest BCUT2D eigenvalue weighted by molar-refractivity contribution is -0.122. The van der Waals surface area contributed by atoms with Gasteiger partial charge in [-0.3, -0.25) is 4.79 Å². The van der Waals surface area contributed by atoms with Crippen LogP contribution in [0.25, 0.3) is 0 Å². The van der Waals surface area contributed by atoms with Gasteiger partial charge in [0, 0.05) is 32.2 Å². The predicted molar refractivity (Wildman–Crippen MR) is 91.7 cm³/mol. The maximum absolute atomic E-state index is 9.73. The molecule has 3 N–H and O–H groups in total. The second-order valence-electron chi connectivity index (χ2n) is 5.95. The first-order valence-corrected chi connectivity index (χ1v) is 8.42. The molecule has 1 aliphatic heterocycles. The molecule has 2 atom stereocenters. The van der Waals surface area contributed by atoms with Gasteiger partial charge in [-0.2, -0.15) is 0 Å². The topological polar surface area (TPSA) is 90.2 Å². The van der Waals surface area contributed by atoms with Crippen LogP contribution in [0.4, 0.5) is 0 Å². The van der Waals surface area contributed by atoms with E-state index in [1.165, 1.54) is 5.56 Å². The zero-order valence-electron chi connectivity index (χ0n) is 14.1. The molecule has 1 heterocycles. The largest absolute Gasteiger partial charge is 0.483 e. The third kappa shape index (κ3) is 8.40. The number of hydrogen-bond acceptors (Lipinski definition) is 5. The Labute approximate surface area is 143 Å². The Balaban J connectivity index is 0.000000891. The van der Waals surface area contributed by atoms with Crippen molar-refractivity contribution in [1.82, 2.24) is 4.90 Å². The number of aliphatic hydroxyl groups is 2. The number of nitrogens with zero attached hydrogens (tertiary/aromatic N) is 1. The average Bonchev–Trinajstić information content (AvgIpc) is 2.61. The molecule has 24 heavy (non-hydrogen) atoms. The van der Waals surface area contributed by atoms with Crippen LogP contribution in [0.1, 0.15) is 24.8 Å². The maximum atomic E-state index is 9.73. The highest BCUT2D eigenvalue weighted by atomic mass is 16.5. The number of hydrogen-bond donors (Lipinski definition) is 3. The molecule has 0 aliphatic carbocycles. The summed E-state index contributed by atoms with van der Waals surface area (Å²) in [6.45, 7) is 4.07. The monoisotopic (exact) mass is 339 g/mol. The summed E-state index contributed by atoms with van der Waals surface area (Å²) >= 11 is 0. The van der Waals surface area contributed by atoms with E-state index in [1.54, 1.807) is 0 Å². The van der Waals surface area contributed by atoms with Crippen molar-refractivity contribution in [2.24, 2.45) is 5.92 Å². The van der Waals surface area contributed by atoms with Crippen LogP contribution >= 0.6 is 0 Å². The fraction of sp³-hybridized carbons (Fsp3) is 0.611. The van der Waals surface area contributed by atoms with Gasteiger partial charge in [-0.1, -0.05) is 30.3 Å². The number of benzene rings is 1. The number of carbonyl (C=O) groups is 1. The summed E-state index contributed by atoms with van der Waals surface area (Å²) in [5.41, 5.74) is 1.22. The number of aliphatic hydroxyl groups excluding tert-OH is 2. The third-order valence-corrected chi connectivity index (χ3v) is 4.14. The summed E-state index contributed by atoms with van der Waals surface area (Å²) < 4.78 is 5.67. The van der Waals surface area contributed by atoms with Crippen LogP contribution in [-0.4, -0.2) is 65.6 Å². The Morgan fingerprint density at radius 2 is 1.96 bits per heavy atom. The predicted octanol–water partition coefficient (Wildman–Crippen LogP) is 1.36. The summed E-state index contributed by atoms with van der Waals surface area (Å²) in [4.78, 5) is 10.7. The summed E-state index contributed by atoms with van der Waals surface area (Å²) in [6, 6.07) is 10.2. The fourth-order valence-corrected chi connectivity index (χ4v) is 2.78. The van der Waals surface area contributed by atoms with E-state index in [1.807, 2.05) is 18.2 Å². The van der Waals surface area contributed by atoms with Crippen LogP contribution in [0.3, 0.4) is 0 Å². The van der Waals surface area contributed by atoms with Gasteiger partial charge in [-0.15, -0.1) is 0 Å². The molecule has 6 nitrogen and oxygen atoms in total. The minimum atomic E-state index is -0.333. The summed E-state index contributed by atoms with van der Waals surface area (Å²) in [5, 5.41) is 25.8. The molecule has 0 radical (unpaired) electrons. The normalized spacial score (nSPS) is 20.9. The molecule has 2 rings (SSSR count). The van der Waals surface area contributed by atoms with Gasteiger partial charge in [0.05, 0.1) is 12.7 Å². The lowest BCUT2D eigenvalue weighted by Crippen LogP contribution is -2.44. The van der Waals surface area contributed by atoms with Crippen molar-refractivity contribution in [3.63, 3.8) is 0 Å². The number of carboxylic acid groups (broad SMARTS) is 1. The Morgan fingerprint density at radius 1 is 1.25 bits per heavy atom. The van der Waals surface area contributed by atoms with Crippen molar-refractivity contribution >= 4 is 6.47 Å². The molecule has 0 saturated carbocycles. The highest BCUT2D eigenvalue weighted by molar-refractivity contribution is 5.32.